The molecule has 1 fully saturated rings. The topological polar surface area (TPSA) is 315 Å². The second-order valence-corrected chi connectivity index (χ2v) is 16.2. The van der Waals surface area contributed by atoms with Crippen LogP contribution in [-0.4, -0.2) is 113 Å². The molecule has 0 spiro atoms. The number of carbonyl (C=O) groups is 7. The molecular formula is C43H62N12O7. The molecule has 14 N–H and O–H groups in total. The van der Waals surface area contributed by atoms with Gasteiger partial charge in [-0.2, -0.15) is 0 Å². The number of amides is 7. The molecule has 19 nitrogen and oxygen atoms in total. The number of nitrogens with one attached hydrogen (secondary N) is 6. The van der Waals surface area contributed by atoms with Crippen LogP contribution < -0.4 is 49.5 Å². The van der Waals surface area contributed by atoms with E-state index in [9.17, 15) is 33.6 Å². The molecule has 0 unspecified atom stereocenters. The van der Waals surface area contributed by atoms with Crippen molar-refractivity contribution >= 4 is 58.2 Å². The molecule has 336 valence electrons. The van der Waals surface area contributed by atoms with Crippen LogP contribution in [0.3, 0.4) is 0 Å². The lowest BCUT2D eigenvalue weighted by molar-refractivity contribution is -0.142. The number of carbonyl (C=O) groups excluding carboxylic acids is 7. The monoisotopic (exact) mass is 858 g/mol. The lowest BCUT2D eigenvalue weighted by Crippen LogP contribution is -2.60. The summed E-state index contributed by atoms with van der Waals surface area (Å²) in [6, 6.07) is 9.12. The molecule has 0 radical (unpaired) electrons. The van der Waals surface area contributed by atoms with Gasteiger partial charge in [0.15, 0.2) is 5.96 Å². The number of primary amides is 1. The standard InChI is InChI=1S/C43H62N12O7/c1-24(2)20-32(39(59)50-25(3)36(45)56)53-41(61)35-17-11-19-55(35)42(62)34(21-27-12-6-5-7-13-27)54-40(60)33(22-28-23-49-31-16-9-8-14-29(28)31)52-37(57)26(4)51-38(58)30(44)15-10-18-48-43(46)47/h5-9,12-14,16,23-26,30,32-35,49H,10-11,15,17-22,44H2,1-4H3,(H2,45,56)(H,50,59)(H,51,58)(H,52,57)(H,53,61)(H,54,60)(H4,46,47,48)/t25-,26-,30-,32-,33-,34-,35-/m0/s1. The maximum Gasteiger partial charge on any atom is 0.246 e. The zero-order valence-electron chi connectivity index (χ0n) is 35.8. The van der Waals surface area contributed by atoms with Crippen LogP contribution in [0.4, 0.5) is 0 Å². The number of benzene rings is 2. The Morgan fingerprint density at radius 2 is 1.40 bits per heavy atom. The third-order valence-corrected chi connectivity index (χ3v) is 10.6. The number of nitrogens with two attached hydrogens (primary N) is 4. The van der Waals surface area contributed by atoms with E-state index in [0.29, 0.717) is 24.8 Å². The van der Waals surface area contributed by atoms with Crippen LogP contribution >= 0.6 is 0 Å². The quantitative estimate of drug-likeness (QED) is 0.0345. The molecule has 19 heteroatoms. The van der Waals surface area contributed by atoms with Crippen LogP contribution in [0.1, 0.15) is 70.9 Å². The van der Waals surface area contributed by atoms with Gasteiger partial charge in [-0.05, 0) is 69.1 Å². The smallest absolute Gasteiger partial charge is 0.246 e. The van der Waals surface area contributed by atoms with E-state index >= 15 is 0 Å². The Morgan fingerprint density at radius 3 is 2.08 bits per heavy atom. The van der Waals surface area contributed by atoms with Crippen molar-refractivity contribution < 1.29 is 33.6 Å². The SMILES string of the molecule is CC(C)C[C@H](NC(=O)[C@@H]1CCCN1C(=O)[C@H](Cc1ccccc1)NC(=O)[C@H](Cc1c[nH]c2ccccc12)NC(=O)[C@H](C)NC(=O)[C@@H](N)CCCN=C(N)N)C(=O)N[C@@H](C)C(N)=O. The number of likely N-dealkylation sites (tertiary alicyclic amines) is 1. The number of fused-ring (bicyclic) bond motifs is 1. The van der Waals surface area contributed by atoms with Crippen molar-refractivity contribution in [1.82, 2.24) is 36.5 Å². The molecule has 0 bridgehead atoms. The highest BCUT2D eigenvalue weighted by atomic mass is 16.2. The van der Waals surface area contributed by atoms with E-state index in [1.54, 1.807) is 18.3 Å². The molecule has 3 aromatic rings. The van der Waals surface area contributed by atoms with Crippen molar-refractivity contribution in [3.8, 4) is 0 Å². The lowest BCUT2D eigenvalue weighted by atomic mass is 10.0. The van der Waals surface area contributed by atoms with Gasteiger partial charge in [0.05, 0.1) is 6.04 Å². The van der Waals surface area contributed by atoms with E-state index in [2.05, 4.69) is 36.6 Å². The highest BCUT2D eigenvalue weighted by Gasteiger charge is 2.40. The normalized spacial score (nSPS) is 16.5. The van der Waals surface area contributed by atoms with Crippen LogP contribution in [0.2, 0.25) is 0 Å². The summed E-state index contributed by atoms with van der Waals surface area (Å²) < 4.78 is 0. The molecule has 0 aliphatic carbocycles. The number of para-hydroxylation sites is 1. The largest absolute Gasteiger partial charge is 0.370 e. The Morgan fingerprint density at radius 1 is 0.758 bits per heavy atom. The number of hydrogen-bond acceptors (Lipinski definition) is 9. The van der Waals surface area contributed by atoms with Crippen molar-refractivity contribution in [3.63, 3.8) is 0 Å². The third-order valence-electron chi connectivity index (χ3n) is 10.6. The van der Waals surface area contributed by atoms with Gasteiger partial charge in [0.1, 0.15) is 36.3 Å². The van der Waals surface area contributed by atoms with E-state index in [4.69, 9.17) is 22.9 Å². The summed E-state index contributed by atoms with van der Waals surface area (Å²) in [6.45, 7) is 7.16. The van der Waals surface area contributed by atoms with Crippen LogP contribution in [0, 0.1) is 5.92 Å². The molecular weight excluding hydrogens is 797 g/mol. The van der Waals surface area contributed by atoms with Crippen LogP contribution in [0.5, 0.6) is 0 Å². The summed E-state index contributed by atoms with van der Waals surface area (Å²) in [6.07, 6.45) is 3.55. The van der Waals surface area contributed by atoms with Gasteiger partial charge in [0.25, 0.3) is 0 Å². The maximum atomic E-state index is 14.6. The van der Waals surface area contributed by atoms with Crippen molar-refractivity contribution in [2.24, 2.45) is 33.8 Å². The number of hydrogen-bond donors (Lipinski definition) is 10. The van der Waals surface area contributed by atoms with Crippen molar-refractivity contribution in [1.29, 1.82) is 0 Å². The highest BCUT2D eigenvalue weighted by Crippen LogP contribution is 2.22. The highest BCUT2D eigenvalue weighted by molar-refractivity contribution is 5.98. The molecule has 1 aliphatic rings. The van der Waals surface area contributed by atoms with Gasteiger partial charge >= 0.3 is 0 Å². The van der Waals surface area contributed by atoms with Crippen LogP contribution in [0.25, 0.3) is 10.9 Å². The number of nitrogens with zero attached hydrogens (tertiary/aromatic N) is 2. The number of aliphatic imine (C=N–C) groups is 1. The minimum Gasteiger partial charge on any atom is -0.370 e. The van der Waals surface area contributed by atoms with E-state index in [-0.39, 0.29) is 50.7 Å². The summed E-state index contributed by atoms with van der Waals surface area (Å²) in [5.41, 5.74) is 24.4. The fraction of sp³-hybridized carbons (Fsp3) is 0.488. The Labute approximate surface area is 361 Å². The van der Waals surface area contributed by atoms with E-state index in [0.717, 1.165) is 16.5 Å². The van der Waals surface area contributed by atoms with E-state index in [1.165, 1.54) is 18.7 Å². The summed E-state index contributed by atoms with van der Waals surface area (Å²) in [7, 11) is 0. The minimum atomic E-state index is -1.23. The molecule has 2 aromatic carbocycles. The third kappa shape index (κ3) is 14.0. The van der Waals surface area contributed by atoms with Gasteiger partial charge < -0.3 is 59.4 Å². The molecule has 7 amide bonds. The second-order valence-electron chi connectivity index (χ2n) is 16.2. The second kappa shape index (κ2) is 22.9. The summed E-state index contributed by atoms with van der Waals surface area (Å²) >= 11 is 0. The first-order chi connectivity index (χ1) is 29.4. The molecule has 1 aromatic heterocycles. The molecule has 1 aliphatic heterocycles. The van der Waals surface area contributed by atoms with Crippen LogP contribution in [0.15, 0.2) is 65.8 Å². The predicted molar refractivity (Wildman–Crippen MR) is 234 cm³/mol. The average molecular weight is 859 g/mol. The fourth-order valence-electron chi connectivity index (χ4n) is 7.24. The Balaban J connectivity index is 1.57. The lowest BCUT2D eigenvalue weighted by Gasteiger charge is -2.31. The Kier molecular flexibility index (Phi) is 17.8. The van der Waals surface area contributed by atoms with Crippen molar-refractivity contribution in [2.45, 2.75) is 115 Å². The van der Waals surface area contributed by atoms with Crippen molar-refractivity contribution in [2.75, 3.05) is 13.1 Å². The predicted octanol–water partition coefficient (Wildman–Crippen LogP) is -0.680. The van der Waals surface area contributed by atoms with Gasteiger partial charge in [-0.25, -0.2) is 0 Å². The zero-order chi connectivity index (χ0) is 45.5. The summed E-state index contributed by atoms with van der Waals surface area (Å²) in [5, 5.41) is 14.4. The average Bonchev–Trinajstić information content (AvgIpc) is 3.89. The number of H-pyrrole nitrogens is 1. The van der Waals surface area contributed by atoms with E-state index < -0.39 is 83.6 Å². The first-order valence-electron chi connectivity index (χ1n) is 21.0. The number of guanidine groups is 1. The van der Waals surface area contributed by atoms with Gasteiger partial charge in [0.2, 0.25) is 41.4 Å². The molecule has 0 saturated carbocycles. The van der Waals surface area contributed by atoms with Crippen molar-refractivity contribution in [3.05, 3.63) is 71.9 Å². The zero-order valence-corrected chi connectivity index (χ0v) is 35.8. The number of rotatable bonds is 22. The number of aromatic nitrogens is 1. The first-order valence-corrected chi connectivity index (χ1v) is 21.0. The molecule has 4 rings (SSSR count). The molecule has 62 heavy (non-hydrogen) atoms. The fourth-order valence-corrected chi connectivity index (χ4v) is 7.24. The minimum absolute atomic E-state index is 0.0101. The first kappa shape index (κ1) is 48.2. The van der Waals surface area contributed by atoms with Gasteiger partial charge in [-0.1, -0.05) is 62.4 Å². The Hall–Kier alpha value is -6.50. The summed E-state index contributed by atoms with van der Waals surface area (Å²) in [5.74, 6) is -4.41. The maximum absolute atomic E-state index is 14.6. The van der Waals surface area contributed by atoms with Gasteiger partial charge in [0, 0.05) is 43.0 Å². The van der Waals surface area contributed by atoms with E-state index in [1.807, 2.05) is 56.3 Å². The van der Waals surface area contributed by atoms with Gasteiger partial charge in [-0.3, -0.25) is 38.6 Å². The summed E-state index contributed by atoms with van der Waals surface area (Å²) in [4.78, 5) is 103. The molecule has 7 atom stereocenters. The Bertz CT molecular complexity index is 2070. The van der Waals surface area contributed by atoms with Crippen LogP contribution in [-0.2, 0) is 46.4 Å². The molecule has 2 heterocycles. The van der Waals surface area contributed by atoms with Gasteiger partial charge in [-0.15, -0.1) is 0 Å². The molecule has 1 saturated heterocycles. The number of aromatic amines is 1.